The highest BCUT2D eigenvalue weighted by molar-refractivity contribution is 6.30. The summed E-state index contributed by atoms with van der Waals surface area (Å²) in [4.78, 5) is 0. The second kappa shape index (κ2) is 6.84. The molecule has 2 aromatic carbocycles. The van der Waals surface area contributed by atoms with E-state index in [2.05, 4.69) is 5.32 Å². The summed E-state index contributed by atoms with van der Waals surface area (Å²) in [6.07, 6.45) is -0.676. The van der Waals surface area contributed by atoms with E-state index >= 15 is 0 Å². The number of likely N-dealkylation sites (N-methyl/N-ethyl adjacent to an activating group) is 1. The number of hydrogen-bond donors (Lipinski definition) is 2. The first-order chi connectivity index (χ1) is 9.63. The first kappa shape index (κ1) is 15.0. The Bertz CT molecular complexity index is 562. The van der Waals surface area contributed by atoms with Crippen LogP contribution in [-0.2, 0) is 0 Å². The molecule has 0 bridgehead atoms. The summed E-state index contributed by atoms with van der Waals surface area (Å²) in [7, 11) is 1.82. The fourth-order valence-corrected chi connectivity index (χ4v) is 2.45. The zero-order valence-electron chi connectivity index (χ0n) is 11.2. The Kier molecular flexibility index (Phi) is 5.12. The maximum Gasteiger partial charge on any atom is 0.141 e. The number of aliphatic hydroxyl groups is 1. The number of rotatable bonds is 5. The lowest BCUT2D eigenvalue weighted by molar-refractivity contribution is 0.144. The Balaban J connectivity index is 2.33. The van der Waals surface area contributed by atoms with Gasteiger partial charge in [0.25, 0.3) is 0 Å². The Labute approximate surface area is 123 Å². The molecule has 0 saturated heterocycles. The first-order valence-corrected chi connectivity index (χ1v) is 6.84. The van der Waals surface area contributed by atoms with Gasteiger partial charge in [0.2, 0.25) is 0 Å². The molecule has 2 atom stereocenters. The van der Waals surface area contributed by atoms with Crippen molar-refractivity contribution in [3.05, 3.63) is 70.5 Å². The molecule has 0 amide bonds. The highest BCUT2D eigenvalue weighted by Crippen LogP contribution is 2.32. The van der Waals surface area contributed by atoms with E-state index < -0.39 is 11.9 Å². The third-order valence-electron chi connectivity index (χ3n) is 3.32. The van der Waals surface area contributed by atoms with E-state index in [9.17, 15) is 9.50 Å². The van der Waals surface area contributed by atoms with Crippen LogP contribution in [-0.4, -0.2) is 18.7 Å². The molecule has 0 radical (unpaired) electrons. The number of nitrogens with one attached hydrogen (secondary N) is 1. The lowest BCUT2D eigenvalue weighted by Gasteiger charge is -2.24. The molecule has 4 heteroatoms. The summed E-state index contributed by atoms with van der Waals surface area (Å²) in [6, 6.07) is 14.0. The van der Waals surface area contributed by atoms with Crippen molar-refractivity contribution in [2.24, 2.45) is 0 Å². The minimum absolute atomic E-state index is 0.0730. The van der Waals surface area contributed by atoms with Gasteiger partial charge in [-0.15, -0.1) is 0 Å². The van der Waals surface area contributed by atoms with Crippen molar-refractivity contribution in [1.29, 1.82) is 0 Å². The molecule has 0 fully saturated rings. The summed E-state index contributed by atoms with van der Waals surface area (Å²) in [5.41, 5.74) is 1.63. The fraction of sp³-hybridized carbons (Fsp3) is 0.250. The van der Waals surface area contributed by atoms with Crippen LogP contribution in [0.15, 0.2) is 48.5 Å². The van der Waals surface area contributed by atoms with E-state index in [4.69, 9.17) is 11.6 Å². The van der Waals surface area contributed by atoms with E-state index in [-0.39, 0.29) is 10.9 Å². The SMILES string of the molecule is CNCC(c1ccc(F)c(Cl)c1)C(O)c1ccccc1. The Morgan fingerprint density at radius 1 is 1.15 bits per heavy atom. The zero-order chi connectivity index (χ0) is 14.5. The van der Waals surface area contributed by atoms with Crippen LogP contribution < -0.4 is 5.32 Å². The molecule has 0 saturated carbocycles. The standard InChI is InChI=1S/C16H17ClFNO/c1-19-10-13(12-7-8-15(18)14(17)9-12)16(20)11-5-3-2-4-6-11/h2-9,13,16,19-20H,10H2,1H3. The largest absolute Gasteiger partial charge is 0.388 e. The quantitative estimate of drug-likeness (QED) is 0.884. The molecule has 106 valence electrons. The minimum atomic E-state index is -0.676. The van der Waals surface area contributed by atoms with Crippen molar-refractivity contribution in [3.63, 3.8) is 0 Å². The lowest BCUT2D eigenvalue weighted by Crippen LogP contribution is -2.23. The van der Waals surface area contributed by atoms with Gasteiger partial charge in [0, 0.05) is 12.5 Å². The maximum atomic E-state index is 13.3. The Morgan fingerprint density at radius 2 is 1.85 bits per heavy atom. The molecular weight excluding hydrogens is 277 g/mol. The second-order valence-corrected chi connectivity index (χ2v) is 5.10. The fourth-order valence-electron chi connectivity index (χ4n) is 2.26. The molecule has 0 heterocycles. The minimum Gasteiger partial charge on any atom is -0.388 e. The smallest absolute Gasteiger partial charge is 0.141 e. The highest BCUT2D eigenvalue weighted by Gasteiger charge is 2.22. The molecule has 2 nitrogen and oxygen atoms in total. The van der Waals surface area contributed by atoms with Crippen molar-refractivity contribution >= 4 is 11.6 Å². The predicted molar refractivity (Wildman–Crippen MR) is 79.5 cm³/mol. The summed E-state index contributed by atoms with van der Waals surface area (Å²) >= 11 is 5.83. The van der Waals surface area contributed by atoms with E-state index in [1.165, 1.54) is 6.07 Å². The molecule has 0 aliphatic carbocycles. The van der Waals surface area contributed by atoms with Gasteiger partial charge in [-0.2, -0.15) is 0 Å². The van der Waals surface area contributed by atoms with Gasteiger partial charge < -0.3 is 10.4 Å². The molecule has 0 aliphatic rings. The summed E-state index contributed by atoms with van der Waals surface area (Å²) < 4.78 is 13.3. The van der Waals surface area contributed by atoms with E-state index in [1.54, 1.807) is 12.1 Å². The topological polar surface area (TPSA) is 32.3 Å². The van der Waals surface area contributed by atoms with Crippen LogP contribution >= 0.6 is 11.6 Å². The van der Waals surface area contributed by atoms with Gasteiger partial charge in [-0.25, -0.2) is 4.39 Å². The van der Waals surface area contributed by atoms with Crippen LogP contribution in [0.4, 0.5) is 4.39 Å². The lowest BCUT2D eigenvalue weighted by atomic mass is 9.89. The Hall–Kier alpha value is -1.42. The van der Waals surface area contributed by atoms with Gasteiger partial charge >= 0.3 is 0 Å². The molecule has 2 rings (SSSR count). The van der Waals surface area contributed by atoms with Gasteiger partial charge in [0.05, 0.1) is 11.1 Å². The Morgan fingerprint density at radius 3 is 2.45 bits per heavy atom. The molecule has 0 aliphatic heterocycles. The predicted octanol–water partition coefficient (Wildman–Crippen LogP) is 3.52. The van der Waals surface area contributed by atoms with Crippen molar-refractivity contribution in [3.8, 4) is 0 Å². The molecule has 0 spiro atoms. The van der Waals surface area contributed by atoms with Gasteiger partial charge in [-0.05, 0) is 30.3 Å². The average Bonchev–Trinajstić information content (AvgIpc) is 2.48. The third kappa shape index (κ3) is 3.37. The number of aliphatic hydroxyl groups excluding tert-OH is 1. The normalized spacial score (nSPS) is 14.0. The molecule has 20 heavy (non-hydrogen) atoms. The van der Waals surface area contributed by atoms with Gasteiger partial charge in [0.15, 0.2) is 0 Å². The number of halogens is 2. The summed E-state index contributed by atoms with van der Waals surface area (Å²) in [5, 5.41) is 13.7. The van der Waals surface area contributed by atoms with Crippen molar-refractivity contribution < 1.29 is 9.50 Å². The first-order valence-electron chi connectivity index (χ1n) is 6.46. The summed E-state index contributed by atoms with van der Waals surface area (Å²) in [5.74, 6) is -0.645. The van der Waals surface area contributed by atoms with Crippen LogP contribution in [0.1, 0.15) is 23.1 Å². The highest BCUT2D eigenvalue weighted by atomic mass is 35.5. The van der Waals surface area contributed by atoms with Gasteiger partial charge in [-0.1, -0.05) is 48.0 Å². The van der Waals surface area contributed by atoms with E-state index in [0.29, 0.717) is 6.54 Å². The number of benzene rings is 2. The van der Waals surface area contributed by atoms with Crippen LogP contribution in [0.3, 0.4) is 0 Å². The van der Waals surface area contributed by atoms with Gasteiger partial charge in [0.1, 0.15) is 5.82 Å². The van der Waals surface area contributed by atoms with Crippen molar-refractivity contribution in [2.75, 3.05) is 13.6 Å². The second-order valence-electron chi connectivity index (χ2n) is 4.69. The van der Waals surface area contributed by atoms with Crippen molar-refractivity contribution in [2.45, 2.75) is 12.0 Å². The van der Waals surface area contributed by atoms with Gasteiger partial charge in [-0.3, -0.25) is 0 Å². The van der Waals surface area contributed by atoms with E-state index in [0.717, 1.165) is 11.1 Å². The third-order valence-corrected chi connectivity index (χ3v) is 3.61. The van der Waals surface area contributed by atoms with Crippen LogP contribution in [0.25, 0.3) is 0 Å². The van der Waals surface area contributed by atoms with Crippen LogP contribution in [0, 0.1) is 5.82 Å². The molecule has 2 aromatic rings. The zero-order valence-corrected chi connectivity index (χ0v) is 11.9. The molecule has 2 unspecified atom stereocenters. The molecule has 2 N–H and O–H groups in total. The maximum absolute atomic E-state index is 13.3. The van der Waals surface area contributed by atoms with E-state index in [1.807, 2.05) is 37.4 Å². The summed E-state index contributed by atoms with van der Waals surface area (Å²) in [6.45, 7) is 0.567. The molecule has 0 aromatic heterocycles. The monoisotopic (exact) mass is 293 g/mol. The van der Waals surface area contributed by atoms with Crippen LogP contribution in [0.2, 0.25) is 5.02 Å². The van der Waals surface area contributed by atoms with Crippen molar-refractivity contribution in [1.82, 2.24) is 5.32 Å². The molecular formula is C16H17ClFNO. The average molecular weight is 294 g/mol. The van der Waals surface area contributed by atoms with Crippen LogP contribution in [0.5, 0.6) is 0 Å². The number of hydrogen-bond acceptors (Lipinski definition) is 2.